The molecule has 3 aromatic rings. The molecular formula is C23H27N3O4. The topological polar surface area (TPSA) is 76.7 Å². The highest BCUT2D eigenvalue weighted by atomic mass is 16.6. The van der Waals surface area contributed by atoms with E-state index in [-0.39, 0.29) is 12.1 Å². The number of carbonyl (C=O) groups excluding carboxylic acids is 1. The van der Waals surface area contributed by atoms with Crippen molar-refractivity contribution in [1.29, 1.82) is 0 Å². The lowest BCUT2D eigenvalue weighted by atomic mass is 10.2. The quantitative estimate of drug-likeness (QED) is 0.632. The number of nitrogens with zero attached hydrogens (tertiary/aromatic N) is 2. The van der Waals surface area contributed by atoms with Gasteiger partial charge < -0.3 is 24.1 Å². The average Bonchev–Trinajstić information content (AvgIpc) is 3.32. The zero-order valence-electron chi connectivity index (χ0n) is 17.6. The summed E-state index contributed by atoms with van der Waals surface area (Å²) in [6.45, 7) is 6.76. The molecule has 0 unspecified atom stereocenters. The van der Waals surface area contributed by atoms with E-state index in [0.717, 1.165) is 29.6 Å². The van der Waals surface area contributed by atoms with Crippen molar-refractivity contribution in [3.05, 3.63) is 48.5 Å². The second-order valence-electron chi connectivity index (χ2n) is 8.41. The maximum absolute atomic E-state index is 12.4. The minimum absolute atomic E-state index is 0.0197. The fraction of sp³-hybridized carbons (Fsp3) is 0.391. The van der Waals surface area contributed by atoms with Crippen molar-refractivity contribution >= 4 is 17.1 Å². The molecule has 1 aliphatic rings. The highest BCUT2D eigenvalue weighted by molar-refractivity contribution is 5.75. The number of hydrogen-bond acceptors (Lipinski definition) is 5. The maximum atomic E-state index is 12.4. The summed E-state index contributed by atoms with van der Waals surface area (Å²) in [5.41, 5.74) is 1.29. The van der Waals surface area contributed by atoms with Crippen LogP contribution in [0.3, 0.4) is 0 Å². The summed E-state index contributed by atoms with van der Waals surface area (Å²) in [5, 5.41) is 0. The molecule has 2 heterocycles. The minimum Gasteiger partial charge on any atom is -0.491 e. The number of rotatable bonds is 5. The Hall–Kier alpha value is -3.22. The van der Waals surface area contributed by atoms with Gasteiger partial charge in [-0.3, -0.25) is 0 Å². The second kappa shape index (κ2) is 8.26. The summed E-state index contributed by atoms with van der Waals surface area (Å²) in [5.74, 6) is 1.39. The van der Waals surface area contributed by atoms with Gasteiger partial charge in [0.1, 0.15) is 23.7 Å². The monoisotopic (exact) mass is 409 g/mol. The van der Waals surface area contributed by atoms with Crippen LogP contribution in [0.5, 0.6) is 17.5 Å². The van der Waals surface area contributed by atoms with E-state index in [1.807, 2.05) is 69.3 Å². The lowest BCUT2D eigenvalue weighted by molar-refractivity contribution is 0.0187. The Morgan fingerprint density at radius 2 is 1.87 bits per heavy atom. The Morgan fingerprint density at radius 1 is 1.13 bits per heavy atom. The number of para-hydroxylation sites is 2. The molecule has 1 amide bonds. The number of aromatic amines is 1. The molecule has 0 saturated carbocycles. The standard InChI is InChI=1S/C23H27N3O4/c1-23(2,3)30-22(27)26-14-6-7-16(26)15-28-17-10-12-18(13-11-17)29-21-24-19-8-4-5-9-20(19)25-21/h4-5,8-13,16H,6-7,14-15H2,1-3H3,(H,24,25)/t16-/m1/s1. The molecule has 0 spiro atoms. The summed E-state index contributed by atoms with van der Waals surface area (Å²) >= 11 is 0. The minimum atomic E-state index is -0.499. The van der Waals surface area contributed by atoms with Crippen molar-refractivity contribution in [2.45, 2.75) is 45.3 Å². The maximum Gasteiger partial charge on any atom is 0.410 e. The molecule has 1 atom stereocenters. The van der Waals surface area contributed by atoms with Crippen molar-refractivity contribution in [3.8, 4) is 17.5 Å². The number of ether oxygens (including phenoxy) is 3. The molecule has 1 saturated heterocycles. The van der Waals surface area contributed by atoms with Crippen molar-refractivity contribution in [3.63, 3.8) is 0 Å². The number of nitrogens with one attached hydrogen (secondary N) is 1. The third kappa shape index (κ3) is 4.84. The molecule has 7 heteroatoms. The van der Waals surface area contributed by atoms with E-state index in [0.29, 0.717) is 24.9 Å². The SMILES string of the molecule is CC(C)(C)OC(=O)N1CCC[C@@H]1COc1ccc(Oc2nc3ccccc3[nH]2)cc1. The van der Waals surface area contributed by atoms with Crippen LogP contribution < -0.4 is 9.47 Å². The summed E-state index contributed by atoms with van der Waals surface area (Å²) < 4.78 is 17.2. The van der Waals surface area contributed by atoms with E-state index in [9.17, 15) is 4.79 Å². The van der Waals surface area contributed by atoms with E-state index in [4.69, 9.17) is 14.2 Å². The number of imidazole rings is 1. The molecule has 158 valence electrons. The van der Waals surface area contributed by atoms with Crippen LogP contribution in [0.25, 0.3) is 11.0 Å². The van der Waals surface area contributed by atoms with Crippen LogP contribution in [-0.2, 0) is 4.74 Å². The van der Waals surface area contributed by atoms with Crippen LogP contribution in [-0.4, -0.2) is 45.8 Å². The summed E-state index contributed by atoms with van der Waals surface area (Å²) in [6.07, 6.45) is 1.59. The van der Waals surface area contributed by atoms with Gasteiger partial charge in [0, 0.05) is 6.54 Å². The van der Waals surface area contributed by atoms with Gasteiger partial charge >= 0.3 is 6.09 Å². The molecular weight excluding hydrogens is 382 g/mol. The number of aromatic nitrogens is 2. The van der Waals surface area contributed by atoms with Gasteiger partial charge in [0.2, 0.25) is 0 Å². The third-order valence-corrected chi connectivity index (χ3v) is 4.85. The molecule has 0 bridgehead atoms. The van der Waals surface area contributed by atoms with E-state index >= 15 is 0 Å². The summed E-state index contributed by atoms with van der Waals surface area (Å²) in [4.78, 5) is 21.7. The third-order valence-electron chi connectivity index (χ3n) is 4.85. The fourth-order valence-electron chi connectivity index (χ4n) is 3.46. The average molecular weight is 409 g/mol. The second-order valence-corrected chi connectivity index (χ2v) is 8.41. The normalized spacial score (nSPS) is 16.6. The van der Waals surface area contributed by atoms with E-state index < -0.39 is 5.60 Å². The lowest BCUT2D eigenvalue weighted by Crippen LogP contribution is -2.42. The number of hydrogen-bond donors (Lipinski definition) is 1. The van der Waals surface area contributed by atoms with Crippen LogP contribution in [0.2, 0.25) is 0 Å². The molecule has 1 aliphatic heterocycles. The first-order valence-electron chi connectivity index (χ1n) is 10.2. The number of amides is 1. The predicted molar refractivity (Wildman–Crippen MR) is 114 cm³/mol. The molecule has 0 aliphatic carbocycles. The van der Waals surface area contributed by atoms with Gasteiger partial charge in [-0.2, -0.15) is 4.98 Å². The highest BCUT2D eigenvalue weighted by Crippen LogP contribution is 2.25. The molecule has 0 radical (unpaired) electrons. The molecule has 4 rings (SSSR count). The molecule has 1 fully saturated rings. The molecule has 2 aromatic carbocycles. The van der Waals surface area contributed by atoms with Crippen LogP contribution in [0.1, 0.15) is 33.6 Å². The Kier molecular flexibility index (Phi) is 5.53. The summed E-state index contributed by atoms with van der Waals surface area (Å²) in [6, 6.07) is 15.6. The molecule has 1 N–H and O–H groups in total. The smallest absolute Gasteiger partial charge is 0.410 e. The zero-order chi connectivity index (χ0) is 21.1. The number of H-pyrrole nitrogens is 1. The van der Waals surface area contributed by atoms with Gasteiger partial charge in [-0.05, 0) is 70.0 Å². The highest BCUT2D eigenvalue weighted by Gasteiger charge is 2.32. The predicted octanol–water partition coefficient (Wildman–Crippen LogP) is 5.13. The van der Waals surface area contributed by atoms with Gasteiger partial charge in [0.25, 0.3) is 6.01 Å². The van der Waals surface area contributed by atoms with Gasteiger partial charge in [-0.15, -0.1) is 0 Å². The number of fused-ring (bicyclic) bond motifs is 1. The van der Waals surface area contributed by atoms with Gasteiger partial charge in [-0.1, -0.05) is 12.1 Å². The number of likely N-dealkylation sites (tertiary alicyclic amines) is 1. The van der Waals surface area contributed by atoms with Crippen molar-refractivity contribution < 1.29 is 19.0 Å². The Bertz CT molecular complexity index is 974. The first-order valence-corrected chi connectivity index (χ1v) is 10.2. The van der Waals surface area contributed by atoms with E-state index in [2.05, 4.69) is 9.97 Å². The fourth-order valence-corrected chi connectivity index (χ4v) is 3.46. The molecule has 30 heavy (non-hydrogen) atoms. The Morgan fingerprint density at radius 3 is 2.60 bits per heavy atom. The number of carbonyl (C=O) groups is 1. The van der Waals surface area contributed by atoms with Gasteiger partial charge in [-0.25, -0.2) is 4.79 Å². The Balaban J connectivity index is 1.32. The van der Waals surface area contributed by atoms with Crippen molar-refractivity contribution in [2.24, 2.45) is 0 Å². The molecule has 1 aromatic heterocycles. The lowest BCUT2D eigenvalue weighted by Gasteiger charge is -2.28. The zero-order valence-corrected chi connectivity index (χ0v) is 17.6. The first-order chi connectivity index (χ1) is 14.4. The first kappa shape index (κ1) is 20.1. The number of benzene rings is 2. The van der Waals surface area contributed by atoms with Crippen LogP contribution in [0.4, 0.5) is 4.79 Å². The van der Waals surface area contributed by atoms with Gasteiger partial charge in [0.05, 0.1) is 17.1 Å². The molecule has 7 nitrogen and oxygen atoms in total. The van der Waals surface area contributed by atoms with Crippen molar-refractivity contribution in [1.82, 2.24) is 14.9 Å². The van der Waals surface area contributed by atoms with Crippen LogP contribution >= 0.6 is 0 Å². The van der Waals surface area contributed by atoms with Crippen molar-refractivity contribution in [2.75, 3.05) is 13.2 Å². The van der Waals surface area contributed by atoms with E-state index in [1.165, 1.54) is 0 Å². The van der Waals surface area contributed by atoms with Crippen LogP contribution in [0, 0.1) is 0 Å². The van der Waals surface area contributed by atoms with Crippen LogP contribution in [0.15, 0.2) is 48.5 Å². The summed E-state index contributed by atoms with van der Waals surface area (Å²) in [7, 11) is 0. The Labute approximate surface area is 176 Å². The van der Waals surface area contributed by atoms with E-state index in [1.54, 1.807) is 4.90 Å². The van der Waals surface area contributed by atoms with Gasteiger partial charge in [0.15, 0.2) is 0 Å². The largest absolute Gasteiger partial charge is 0.491 e.